The van der Waals surface area contributed by atoms with Crippen LogP contribution in [0.1, 0.15) is 6.92 Å². The fraction of sp³-hybridized carbons (Fsp3) is 0.111. The Morgan fingerprint density at radius 3 is 2.76 bits per heavy atom. The lowest BCUT2D eigenvalue weighted by molar-refractivity contribution is 1.03. The molecular weight excluding hydrogens is 380 g/mol. The molecule has 0 spiro atoms. The fourth-order valence-corrected chi connectivity index (χ4v) is 3.18. The van der Waals surface area contributed by atoms with Gasteiger partial charge in [0.2, 0.25) is 5.96 Å². The molecule has 25 heavy (non-hydrogen) atoms. The average Bonchev–Trinajstić information content (AvgIpc) is 3.14. The van der Waals surface area contributed by atoms with Crippen LogP contribution in [-0.4, -0.2) is 23.4 Å². The Hall–Kier alpha value is -2.80. The van der Waals surface area contributed by atoms with Gasteiger partial charge < -0.3 is 9.88 Å². The zero-order valence-corrected chi connectivity index (χ0v) is 15.1. The molecule has 0 fully saturated rings. The molecule has 0 aliphatic carbocycles. The molecule has 2 N–H and O–H groups in total. The van der Waals surface area contributed by atoms with Crippen LogP contribution in [0, 0.1) is 5.41 Å². The Kier molecular flexibility index (Phi) is 3.93. The number of fused-ring (bicyclic) bond motifs is 3. The summed E-state index contributed by atoms with van der Waals surface area (Å²) in [6.07, 6.45) is 0. The maximum absolute atomic E-state index is 8.31. The molecule has 2 heterocycles. The van der Waals surface area contributed by atoms with Gasteiger partial charge in [-0.15, -0.1) is 0 Å². The molecule has 124 valence electrons. The minimum absolute atomic E-state index is 0.117. The number of anilines is 1. The van der Waals surface area contributed by atoms with E-state index in [1.807, 2.05) is 55.5 Å². The molecule has 0 saturated carbocycles. The van der Waals surface area contributed by atoms with Crippen molar-refractivity contribution < 1.29 is 0 Å². The number of nitrogens with zero attached hydrogens (tertiary/aromatic N) is 4. The largest absolute Gasteiger partial charge is 0.338 e. The van der Waals surface area contributed by atoms with Gasteiger partial charge in [0, 0.05) is 27.6 Å². The lowest BCUT2D eigenvalue weighted by atomic mass is 10.2. The van der Waals surface area contributed by atoms with Gasteiger partial charge in [0.05, 0.1) is 0 Å². The highest BCUT2D eigenvalue weighted by Gasteiger charge is 2.14. The number of rotatable bonds is 2. The summed E-state index contributed by atoms with van der Waals surface area (Å²) in [5.41, 5.74) is 2.59. The van der Waals surface area contributed by atoms with Crippen LogP contribution in [0.25, 0.3) is 10.9 Å². The molecule has 0 radical (unpaired) electrons. The van der Waals surface area contributed by atoms with Gasteiger partial charge in [-0.05, 0) is 37.3 Å². The van der Waals surface area contributed by atoms with E-state index in [4.69, 9.17) is 5.41 Å². The van der Waals surface area contributed by atoms with Crippen LogP contribution in [0.15, 0.2) is 68.0 Å². The molecule has 1 aromatic heterocycles. The van der Waals surface area contributed by atoms with Crippen molar-refractivity contribution in [3.05, 3.63) is 63.8 Å². The first-order valence-corrected chi connectivity index (χ1v) is 8.69. The Morgan fingerprint density at radius 1 is 1.20 bits per heavy atom. The molecule has 1 aliphatic heterocycles. The molecule has 0 saturated heterocycles. The zero-order valence-electron chi connectivity index (χ0n) is 13.5. The van der Waals surface area contributed by atoms with Crippen molar-refractivity contribution in [2.75, 3.05) is 11.4 Å². The molecular formula is C18H15BrN6. The number of halogens is 1. The Balaban J connectivity index is 1.71. The molecule has 0 unspecified atom stereocenters. The smallest absolute Gasteiger partial charge is 0.255 e. The summed E-state index contributed by atoms with van der Waals surface area (Å²) >= 11 is 3.48. The van der Waals surface area contributed by atoms with Crippen LogP contribution in [0.4, 0.5) is 5.69 Å². The van der Waals surface area contributed by atoms with Crippen molar-refractivity contribution in [2.45, 2.75) is 6.92 Å². The number of hydrogen-bond donors (Lipinski definition) is 2. The monoisotopic (exact) mass is 394 g/mol. The van der Waals surface area contributed by atoms with Crippen molar-refractivity contribution in [1.29, 1.82) is 5.41 Å². The van der Waals surface area contributed by atoms with Gasteiger partial charge in [-0.1, -0.05) is 34.1 Å². The van der Waals surface area contributed by atoms with Gasteiger partial charge in [0.1, 0.15) is 5.36 Å². The summed E-state index contributed by atoms with van der Waals surface area (Å²) in [4.78, 5) is 18.2. The SMILES string of the molecule is CCN(C(=N)/N=C1\N=c2[nH]c3ccc(Br)cc3c2=N1)c1ccccc1. The predicted octanol–water partition coefficient (Wildman–Crippen LogP) is 3.00. The first-order valence-electron chi connectivity index (χ1n) is 7.90. The first kappa shape index (κ1) is 15.7. The minimum Gasteiger partial charge on any atom is -0.338 e. The van der Waals surface area contributed by atoms with Crippen LogP contribution in [0.5, 0.6) is 0 Å². The number of benzene rings is 2. The minimum atomic E-state index is 0.117. The van der Waals surface area contributed by atoms with E-state index in [1.165, 1.54) is 0 Å². The van der Waals surface area contributed by atoms with E-state index >= 15 is 0 Å². The number of aromatic nitrogens is 1. The molecule has 0 atom stereocenters. The molecule has 7 heteroatoms. The van der Waals surface area contributed by atoms with Gasteiger partial charge in [-0.25, -0.2) is 4.99 Å². The number of aromatic amines is 1. The van der Waals surface area contributed by atoms with Gasteiger partial charge >= 0.3 is 0 Å². The third kappa shape index (κ3) is 2.87. The van der Waals surface area contributed by atoms with Crippen LogP contribution in [0.3, 0.4) is 0 Å². The number of aliphatic imine (C=N–C) groups is 1. The second-order valence-corrected chi connectivity index (χ2v) is 6.47. The summed E-state index contributed by atoms with van der Waals surface area (Å²) in [6, 6.07) is 15.7. The quantitative estimate of drug-likeness (QED) is 0.508. The van der Waals surface area contributed by atoms with Crippen LogP contribution < -0.4 is 15.7 Å². The normalized spacial score (nSPS) is 14.2. The number of guanidine groups is 2. The van der Waals surface area contributed by atoms with E-state index in [0.29, 0.717) is 18.0 Å². The molecule has 2 aromatic carbocycles. The second-order valence-electron chi connectivity index (χ2n) is 5.55. The maximum atomic E-state index is 8.31. The highest BCUT2D eigenvalue weighted by Crippen LogP contribution is 2.16. The van der Waals surface area contributed by atoms with Crippen molar-refractivity contribution in [3.63, 3.8) is 0 Å². The van der Waals surface area contributed by atoms with E-state index in [0.717, 1.165) is 26.4 Å². The summed E-state index contributed by atoms with van der Waals surface area (Å²) in [5.74, 6) is 0.411. The summed E-state index contributed by atoms with van der Waals surface area (Å²) in [7, 11) is 0. The standard InChI is InChI=1S/C18H15BrN6/c1-2-25(12-6-4-3-5-7-12)17(20)24-18-22-15-13-10-11(19)8-9-14(13)21-16(15)23-18/h3-10H,2H2,1H3,(H2,20,21,22,23,24). The second kappa shape index (κ2) is 6.25. The van der Waals surface area contributed by atoms with Gasteiger partial charge in [-0.3, -0.25) is 5.41 Å². The zero-order chi connectivity index (χ0) is 17.4. The van der Waals surface area contributed by atoms with E-state index in [-0.39, 0.29) is 5.96 Å². The van der Waals surface area contributed by atoms with Gasteiger partial charge in [0.15, 0.2) is 5.49 Å². The third-order valence-electron chi connectivity index (χ3n) is 3.98. The molecule has 3 aromatic rings. The molecule has 0 bridgehead atoms. The van der Waals surface area contributed by atoms with E-state index in [9.17, 15) is 0 Å². The van der Waals surface area contributed by atoms with Crippen molar-refractivity contribution in [1.82, 2.24) is 4.98 Å². The van der Waals surface area contributed by atoms with E-state index < -0.39 is 0 Å². The van der Waals surface area contributed by atoms with E-state index in [2.05, 4.69) is 35.9 Å². The number of nitrogens with one attached hydrogen (secondary N) is 2. The summed E-state index contributed by atoms with van der Waals surface area (Å²) in [6.45, 7) is 2.62. The van der Waals surface area contributed by atoms with Crippen LogP contribution in [0.2, 0.25) is 0 Å². The number of para-hydroxylation sites is 1. The number of hydrogen-bond acceptors (Lipinski definition) is 1. The summed E-state index contributed by atoms with van der Waals surface area (Å²) in [5, 5.41) is 10.1. The molecule has 0 amide bonds. The van der Waals surface area contributed by atoms with Crippen molar-refractivity contribution in [2.24, 2.45) is 15.0 Å². The highest BCUT2D eigenvalue weighted by atomic mass is 79.9. The summed E-state index contributed by atoms with van der Waals surface area (Å²) < 4.78 is 0.983. The average molecular weight is 395 g/mol. The maximum Gasteiger partial charge on any atom is 0.255 e. The van der Waals surface area contributed by atoms with Gasteiger partial charge in [0.25, 0.3) is 5.96 Å². The van der Waals surface area contributed by atoms with Crippen LogP contribution >= 0.6 is 15.9 Å². The van der Waals surface area contributed by atoms with Crippen molar-refractivity contribution in [3.8, 4) is 0 Å². The third-order valence-corrected chi connectivity index (χ3v) is 4.48. The lowest BCUT2D eigenvalue weighted by Gasteiger charge is -2.20. The molecule has 1 aliphatic rings. The first-order chi connectivity index (χ1) is 12.2. The van der Waals surface area contributed by atoms with E-state index in [1.54, 1.807) is 4.90 Å². The Labute approximate surface area is 152 Å². The fourth-order valence-electron chi connectivity index (χ4n) is 2.82. The Morgan fingerprint density at radius 2 is 2.00 bits per heavy atom. The molecule has 6 nitrogen and oxygen atoms in total. The highest BCUT2D eigenvalue weighted by molar-refractivity contribution is 9.10. The molecule has 4 rings (SSSR count). The predicted molar refractivity (Wildman–Crippen MR) is 103 cm³/mol. The lowest BCUT2D eigenvalue weighted by Crippen LogP contribution is -2.29. The van der Waals surface area contributed by atoms with Crippen molar-refractivity contribution >= 4 is 44.4 Å². The van der Waals surface area contributed by atoms with Crippen LogP contribution in [-0.2, 0) is 0 Å². The topological polar surface area (TPSA) is 80.0 Å². The number of H-pyrrole nitrogens is 1. The van der Waals surface area contributed by atoms with Gasteiger partial charge in [-0.2, -0.15) is 9.98 Å². The Bertz CT molecular complexity index is 1110.